The minimum atomic E-state index is -0.0598. The van der Waals surface area contributed by atoms with Crippen LogP contribution in [0.5, 0.6) is 0 Å². The predicted molar refractivity (Wildman–Crippen MR) is 78.9 cm³/mol. The van der Waals surface area contributed by atoms with Gasteiger partial charge in [-0.05, 0) is 78.9 Å². The SMILES string of the molecule is CC(NCC1CCC(O)C1)c1ccc(I)cc1. The molecule has 0 radical (unpaired) electrons. The third-order valence-corrected chi connectivity index (χ3v) is 4.32. The van der Waals surface area contributed by atoms with E-state index in [1.165, 1.54) is 9.13 Å². The lowest BCUT2D eigenvalue weighted by Gasteiger charge is -2.17. The Kier molecular flexibility index (Phi) is 4.82. The zero-order chi connectivity index (χ0) is 12.3. The molecule has 3 unspecified atom stereocenters. The second-order valence-electron chi connectivity index (χ2n) is 5.01. The molecule has 1 aliphatic rings. The molecule has 1 saturated carbocycles. The summed E-state index contributed by atoms with van der Waals surface area (Å²) in [5, 5.41) is 13.1. The number of aliphatic hydroxyl groups is 1. The van der Waals surface area contributed by atoms with E-state index in [2.05, 4.69) is 59.1 Å². The van der Waals surface area contributed by atoms with Crippen LogP contribution in [0.4, 0.5) is 0 Å². The van der Waals surface area contributed by atoms with Crippen LogP contribution in [0.15, 0.2) is 24.3 Å². The van der Waals surface area contributed by atoms with Gasteiger partial charge in [0.2, 0.25) is 0 Å². The Morgan fingerprint density at radius 1 is 1.35 bits per heavy atom. The van der Waals surface area contributed by atoms with Crippen molar-refractivity contribution < 1.29 is 5.11 Å². The smallest absolute Gasteiger partial charge is 0.0543 e. The van der Waals surface area contributed by atoms with Crippen LogP contribution in [0.25, 0.3) is 0 Å². The minimum Gasteiger partial charge on any atom is -0.393 e. The third kappa shape index (κ3) is 3.93. The summed E-state index contributed by atoms with van der Waals surface area (Å²) >= 11 is 2.33. The van der Waals surface area contributed by atoms with E-state index >= 15 is 0 Å². The lowest BCUT2D eigenvalue weighted by atomic mass is 10.1. The summed E-state index contributed by atoms with van der Waals surface area (Å²) in [5.74, 6) is 0.649. The van der Waals surface area contributed by atoms with E-state index in [0.29, 0.717) is 12.0 Å². The van der Waals surface area contributed by atoms with Gasteiger partial charge in [-0.1, -0.05) is 12.1 Å². The van der Waals surface area contributed by atoms with Gasteiger partial charge in [-0.15, -0.1) is 0 Å². The molecule has 0 heterocycles. The van der Waals surface area contributed by atoms with Crippen molar-refractivity contribution in [2.24, 2.45) is 5.92 Å². The first-order chi connectivity index (χ1) is 8.15. The number of aliphatic hydroxyl groups excluding tert-OH is 1. The van der Waals surface area contributed by atoms with Crippen molar-refractivity contribution in [3.8, 4) is 0 Å². The van der Waals surface area contributed by atoms with E-state index in [0.717, 1.165) is 25.8 Å². The number of hydrogen-bond donors (Lipinski definition) is 2. The van der Waals surface area contributed by atoms with Gasteiger partial charge in [0, 0.05) is 9.61 Å². The molecule has 2 rings (SSSR count). The van der Waals surface area contributed by atoms with Crippen LogP contribution < -0.4 is 5.32 Å². The second kappa shape index (κ2) is 6.16. The van der Waals surface area contributed by atoms with Crippen molar-refractivity contribution in [2.75, 3.05) is 6.54 Å². The summed E-state index contributed by atoms with van der Waals surface area (Å²) in [6.45, 7) is 3.22. The van der Waals surface area contributed by atoms with Gasteiger partial charge in [0.05, 0.1) is 6.10 Å². The molecule has 0 saturated heterocycles. The molecule has 2 nitrogen and oxygen atoms in total. The van der Waals surface area contributed by atoms with E-state index in [9.17, 15) is 5.11 Å². The van der Waals surface area contributed by atoms with Crippen LogP contribution in [0, 0.1) is 9.49 Å². The molecule has 0 aromatic heterocycles. The van der Waals surface area contributed by atoms with Crippen molar-refractivity contribution in [1.82, 2.24) is 5.32 Å². The van der Waals surface area contributed by atoms with E-state index < -0.39 is 0 Å². The first kappa shape index (κ1) is 13.3. The van der Waals surface area contributed by atoms with Crippen molar-refractivity contribution >= 4 is 22.6 Å². The van der Waals surface area contributed by atoms with Crippen molar-refractivity contribution in [3.05, 3.63) is 33.4 Å². The van der Waals surface area contributed by atoms with Crippen molar-refractivity contribution in [3.63, 3.8) is 0 Å². The monoisotopic (exact) mass is 345 g/mol. The molecule has 17 heavy (non-hydrogen) atoms. The molecule has 3 heteroatoms. The van der Waals surface area contributed by atoms with Gasteiger partial charge in [0.25, 0.3) is 0 Å². The van der Waals surface area contributed by atoms with Crippen molar-refractivity contribution in [1.29, 1.82) is 0 Å². The topological polar surface area (TPSA) is 32.3 Å². The first-order valence-electron chi connectivity index (χ1n) is 6.32. The molecule has 0 aliphatic heterocycles. The highest BCUT2D eigenvalue weighted by molar-refractivity contribution is 14.1. The summed E-state index contributed by atoms with van der Waals surface area (Å²) < 4.78 is 1.28. The highest BCUT2D eigenvalue weighted by Crippen LogP contribution is 2.25. The summed E-state index contributed by atoms with van der Waals surface area (Å²) in [6, 6.07) is 9.05. The molecule has 1 aliphatic carbocycles. The number of benzene rings is 1. The molecule has 94 valence electrons. The largest absolute Gasteiger partial charge is 0.393 e. The van der Waals surface area contributed by atoms with Crippen LogP contribution in [-0.4, -0.2) is 17.8 Å². The Morgan fingerprint density at radius 3 is 2.65 bits per heavy atom. The molecule has 0 bridgehead atoms. The Bertz CT molecular complexity index is 352. The Hall–Kier alpha value is -0.130. The fraction of sp³-hybridized carbons (Fsp3) is 0.571. The predicted octanol–water partition coefficient (Wildman–Crippen LogP) is 3.10. The molecule has 1 fully saturated rings. The average molecular weight is 345 g/mol. The normalized spacial score (nSPS) is 26.1. The maximum absolute atomic E-state index is 9.48. The third-order valence-electron chi connectivity index (χ3n) is 3.60. The van der Waals surface area contributed by atoms with Gasteiger partial charge < -0.3 is 10.4 Å². The van der Waals surface area contributed by atoms with Crippen LogP contribution in [0.2, 0.25) is 0 Å². The van der Waals surface area contributed by atoms with Gasteiger partial charge in [0.15, 0.2) is 0 Å². The molecule has 3 atom stereocenters. The number of nitrogens with one attached hydrogen (secondary N) is 1. The van der Waals surface area contributed by atoms with Crippen LogP contribution in [-0.2, 0) is 0 Å². The van der Waals surface area contributed by atoms with E-state index in [1.807, 2.05) is 0 Å². The van der Waals surface area contributed by atoms with Crippen molar-refractivity contribution in [2.45, 2.75) is 38.3 Å². The molecular formula is C14H20INO. The highest BCUT2D eigenvalue weighted by Gasteiger charge is 2.22. The molecule has 1 aromatic carbocycles. The van der Waals surface area contributed by atoms with E-state index in [4.69, 9.17) is 0 Å². The van der Waals surface area contributed by atoms with Gasteiger partial charge >= 0.3 is 0 Å². The van der Waals surface area contributed by atoms with Gasteiger partial charge in [0.1, 0.15) is 0 Å². The van der Waals surface area contributed by atoms with Crippen LogP contribution >= 0.6 is 22.6 Å². The second-order valence-corrected chi connectivity index (χ2v) is 6.26. The average Bonchev–Trinajstić information content (AvgIpc) is 2.73. The highest BCUT2D eigenvalue weighted by atomic mass is 127. The van der Waals surface area contributed by atoms with Crippen LogP contribution in [0.1, 0.15) is 37.8 Å². The number of rotatable bonds is 4. The Balaban J connectivity index is 1.81. The fourth-order valence-corrected chi connectivity index (χ4v) is 2.81. The zero-order valence-corrected chi connectivity index (χ0v) is 12.4. The lowest BCUT2D eigenvalue weighted by molar-refractivity contribution is 0.177. The van der Waals surface area contributed by atoms with Gasteiger partial charge in [-0.25, -0.2) is 0 Å². The molecule has 2 N–H and O–H groups in total. The fourth-order valence-electron chi connectivity index (χ4n) is 2.45. The van der Waals surface area contributed by atoms with Gasteiger partial charge in [-0.3, -0.25) is 0 Å². The molecule has 0 spiro atoms. The summed E-state index contributed by atoms with van der Waals surface area (Å²) in [6.07, 6.45) is 3.04. The Labute approximate surface area is 117 Å². The quantitative estimate of drug-likeness (QED) is 0.822. The number of halogens is 1. The zero-order valence-electron chi connectivity index (χ0n) is 10.2. The van der Waals surface area contributed by atoms with Gasteiger partial charge in [-0.2, -0.15) is 0 Å². The summed E-state index contributed by atoms with van der Waals surface area (Å²) in [7, 11) is 0. The number of hydrogen-bond acceptors (Lipinski definition) is 2. The summed E-state index contributed by atoms with van der Waals surface area (Å²) in [5.41, 5.74) is 1.34. The lowest BCUT2D eigenvalue weighted by Crippen LogP contribution is -2.25. The maximum atomic E-state index is 9.48. The first-order valence-corrected chi connectivity index (χ1v) is 7.40. The van der Waals surface area contributed by atoms with Crippen LogP contribution in [0.3, 0.4) is 0 Å². The molecular weight excluding hydrogens is 325 g/mol. The minimum absolute atomic E-state index is 0.0598. The Morgan fingerprint density at radius 2 is 2.06 bits per heavy atom. The van der Waals surface area contributed by atoms with E-state index in [1.54, 1.807) is 0 Å². The maximum Gasteiger partial charge on any atom is 0.0543 e. The summed E-state index contributed by atoms with van der Waals surface area (Å²) in [4.78, 5) is 0. The molecule has 0 amide bonds. The van der Waals surface area contributed by atoms with E-state index in [-0.39, 0.29) is 6.10 Å². The molecule has 1 aromatic rings. The standard InChI is InChI=1S/C14H20INO/c1-10(12-3-5-13(15)6-4-12)16-9-11-2-7-14(17)8-11/h3-6,10-11,14,16-17H,2,7-9H2,1H3.